The fourth-order valence-electron chi connectivity index (χ4n) is 2.05. The van der Waals surface area contributed by atoms with E-state index in [1.807, 2.05) is 23.9 Å². The Morgan fingerprint density at radius 1 is 1.59 bits per heavy atom. The van der Waals surface area contributed by atoms with Crippen LogP contribution in [-0.4, -0.2) is 29.8 Å². The predicted molar refractivity (Wildman–Crippen MR) is 71.3 cm³/mol. The highest BCUT2D eigenvalue weighted by atomic mass is 32.2. The van der Waals surface area contributed by atoms with E-state index in [4.69, 9.17) is 9.15 Å². The molecule has 3 nitrogen and oxygen atoms in total. The van der Waals surface area contributed by atoms with Gasteiger partial charge in [0.2, 0.25) is 0 Å². The second-order valence-corrected chi connectivity index (χ2v) is 6.24. The SMILES string of the molecule is CC(CNCc1ccco1)SC1CCOC1C. The summed E-state index contributed by atoms with van der Waals surface area (Å²) in [6, 6.07) is 3.92. The summed E-state index contributed by atoms with van der Waals surface area (Å²) in [4.78, 5) is 0. The van der Waals surface area contributed by atoms with E-state index in [9.17, 15) is 0 Å². The Morgan fingerprint density at radius 2 is 2.47 bits per heavy atom. The fourth-order valence-corrected chi connectivity index (χ4v) is 3.39. The maximum Gasteiger partial charge on any atom is 0.117 e. The first-order chi connectivity index (χ1) is 8.25. The molecule has 2 heterocycles. The van der Waals surface area contributed by atoms with Gasteiger partial charge in [-0.25, -0.2) is 0 Å². The van der Waals surface area contributed by atoms with Gasteiger partial charge in [0.1, 0.15) is 5.76 Å². The van der Waals surface area contributed by atoms with Crippen molar-refractivity contribution < 1.29 is 9.15 Å². The third kappa shape index (κ3) is 4.05. The van der Waals surface area contributed by atoms with Crippen LogP contribution in [0.15, 0.2) is 22.8 Å². The van der Waals surface area contributed by atoms with Gasteiger partial charge in [-0.05, 0) is 25.5 Å². The van der Waals surface area contributed by atoms with E-state index in [2.05, 4.69) is 19.2 Å². The molecule has 1 aliphatic heterocycles. The molecule has 0 spiro atoms. The quantitative estimate of drug-likeness (QED) is 0.847. The van der Waals surface area contributed by atoms with E-state index in [0.29, 0.717) is 16.6 Å². The van der Waals surface area contributed by atoms with Crippen LogP contribution in [-0.2, 0) is 11.3 Å². The Bertz CT molecular complexity index is 315. The smallest absolute Gasteiger partial charge is 0.117 e. The molecule has 1 aromatic heterocycles. The van der Waals surface area contributed by atoms with Gasteiger partial charge in [0.15, 0.2) is 0 Å². The van der Waals surface area contributed by atoms with Gasteiger partial charge in [-0.15, -0.1) is 0 Å². The molecule has 1 fully saturated rings. The summed E-state index contributed by atoms with van der Waals surface area (Å²) in [5, 5.41) is 4.69. The van der Waals surface area contributed by atoms with Crippen molar-refractivity contribution in [2.45, 2.75) is 43.4 Å². The second-order valence-electron chi connectivity index (χ2n) is 4.56. The molecule has 0 amide bonds. The maximum absolute atomic E-state index is 5.57. The molecule has 1 saturated heterocycles. The van der Waals surface area contributed by atoms with Crippen LogP contribution >= 0.6 is 11.8 Å². The number of nitrogens with one attached hydrogen (secondary N) is 1. The van der Waals surface area contributed by atoms with E-state index in [1.54, 1.807) is 6.26 Å². The van der Waals surface area contributed by atoms with Crippen LogP contribution in [0.1, 0.15) is 26.0 Å². The van der Waals surface area contributed by atoms with Crippen LogP contribution in [0.5, 0.6) is 0 Å². The van der Waals surface area contributed by atoms with Crippen molar-refractivity contribution in [3.63, 3.8) is 0 Å². The third-order valence-electron chi connectivity index (χ3n) is 3.02. The lowest BCUT2D eigenvalue weighted by molar-refractivity contribution is 0.127. The first kappa shape index (κ1) is 13.0. The molecule has 96 valence electrons. The Labute approximate surface area is 107 Å². The Hall–Kier alpha value is -0.450. The molecule has 0 saturated carbocycles. The summed E-state index contributed by atoms with van der Waals surface area (Å²) in [6.45, 7) is 7.19. The molecule has 0 aliphatic carbocycles. The highest BCUT2D eigenvalue weighted by Gasteiger charge is 2.26. The average Bonchev–Trinajstić information content (AvgIpc) is 2.92. The molecule has 4 heteroatoms. The molecule has 1 N–H and O–H groups in total. The number of ether oxygens (including phenoxy) is 1. The minimum atomic E-state index is 0.410. The molecule has 0 radical (unpaired) electrons. The van der Waals surface area contributed by atoms with Gasteiger partial charge in [0.05, 0.1) is 18.9 Å². The molecule has 1 aromatic rings. The summed E-state index contributed by atoms with van der Waals surface area (Å²) in [6.07, 6.45) is 3.31. The highest BCUT2D eigenvalue weighted by molar-refractivity contribution is 8.00. The summed E-state index contributed by atoms with van der Waals surface area (Å²) >= 11 is 2.03. The molecule has 1 aliphatic rings. The van der Waals surface area contributed by atoms with Gasteiger partial charge in [0.25, 0.3) is 0 Å². The number of thioether (sulfide) groups is 1. The van der Waals surface area contributed by atoms with Crippen molar-refractivity contribution >= 4 is 11.8 Å². The van der Waals surface area contributed by atoms with Gasteiger partial charge in [0, 0.05) is 23.7 Å². The third-order valence-corrected chi connectivity index (χ3v) is 4.62. The molecule has 3 atom stereocenters. The first-order valence-corrected chi connectivity index (χ1v) is 7.20. The van der Waals surface area contributed by atoms with Crippen molar-refractivity contribution in [2.75, 3.05) is 13.2 Å². The predicted octanol–water partition coefficient (Wildman–Crippen LogP) is 2.67. The van der Waals surface area contributed by atoms with E-state index in [-0.39, 0.29) is 0 Å². The molecular weight excluding hydrogens is 234 g/mol. The summed E-state index contributed by atoms with van der Waals surface area (Å²) < 4.78 is 10.8. The molecule has 3 unspecified atom stereocenters. The van der Waals surface area contributed by atoms with Crippen LogP contribution in [0.25, 0.3) is 0 Å². The van der Waals surface area contributed by atoms with Crippen LogP contribution in [0, 0.1) is 0 Å². The van der Waals surface area contributed by atoms with E-state index >= 15 is 0 Å². The number of rotatable bonds is 6. The van der Waals surface area contributed by atoms with Crippen molar-refractivity contribution in [1.29, 1.82) is 0 Å². The molecule has 0 aromatic carbocycles. The zero-order valence-corrected chi connectivity index (χ0v) is 11.3. The Morgan fingerprint density at radius 3 is 3.12 bits per heavy atom. The van der Waals surface area contributed by atoms with E-state index < -0.39 is 0 Å². The summed E-state index contributed by atoms with van der Waals surface area (Å²) in [7, 11) is 0. The largest absolute Gasteiger partial charge is 0.468 e. The fraction of sp³-hybridized carbons (Fsp3) is 0.692. The van der Waals surface area contributed by atoms with Crippen molar-refractivity contribution in [3.8, 4) is 0 Å². The lowest BCUT2D eigenvalue weighted by Crippen LogP contribution is -2.25. The second kappa shape index (κ2) is 6.47. The van der Waals surface area contributed by atoms with Gasteiger partial charge in [-0.3, -0.25) is 0 Å². The van der Waals surface area contributed by atoms with Gasteiger partial charge in [-0.2, -0.15) is 11.8 Å². The first-order valence-electron chi connectivity index (χ1n) is 6.26. The minimum absolute atomic E-state index is 0.410. The zero-order chi connectivity index (χ0) is 12.1. The van der Waals surface area contributed by atoms with Crippen LogP contribution in [0.4, 0.5) is 0 Å². The number of hydrogen-bond donors (Lipinski definition) is 1. The van der Waals surface area contributed by atoms with Crippen molar-refractivity contribution in [2.24, 2.45) is 0 Å². The maximum atomic E-state index is 5.57. The molecule has 0 bridgehead atoms. The zero-order valence-electron chi connectivity index (χ0n) is 10.5. The number of hydrogen-bond acceptors (Lipinski definition) is 4. The normalized spacial score (nSPS) is 26.2. The lowest BCUT2D eigenvalue weighted by atomic mass is 10.3. The highest BCUT2D eigenvalue weighted by Crippen LogP contribution is 2.29. The average molecular weight is 255 g/mol. The Balaban J connectivity index is 1.62. The molecule has 17 heavy (non-hydrogen) atoms. The van der Waals surface area contributed by atoms with Crippen molar-refractivity contribution in [1.82, 2.24) is 5.32 Å². The van der Waals surface area contributed by atoms with Crippen LogP contribution < -0.4 is 5.32 Å². The summed E-state index contributed by atoms with van der Waals surface area (Å²) in [5.41, 5.74) is 0. The van der Waals surface area contributed by atoms with E-state index in [1.165, 1.54) is 6.42 Å². The monoisotopic (exact) mass is 255 g/mol. The minimum Gasteiger partial charge on any atom is -0.468 e. The standard InChI is InChI=1S/C13H21NO2S/c1-10(17-13-5-7-15-11(13)2)8-14-9-12-4-3-6-16-12/h3-4,6,10-11,13-14H,5,7-9H2,1-2H3. The topological polar surface area (TPSA) is 34.4 Å². The van der Waals surface area contributed by atoms with Gasteiger partial charge >= 0.3 is 0 Å². The van der Waals surface area contributed by atoms with Gasteiger partial charge in [-0.1, -0.05) is 6.92 Å². The van der Waals surface area contributed by atoms with Crippen LogP contribution in [0.2, 0.25) is 0 Å². The summed E-state index contributed by atoms with van der Waals surface area (Å²) in [5.74, 6) is 1.000. The van der Waals surface area contributed by atoms with Gasteiger partial charge < -0.3 is 14.5 Å². The molecule has 2 rings (SSSR count). The lowest BCUT2D eigenvalue weighted by Gasteiger charge is -2.19. The van der Waals surface area contributed by atoms with Crippen LogP contribution in [0.3, 0.4) is 0 Å². The molecular formula is C13H21NO2S. The number of furan rings is 1. The van der Waals surface area contributed by atoms with Crippen molar-refractivity contribution in [3.05, 3.63) is 24.2 Å². The van der Waals surface area contributed by atoms with E-state index in [0.717, 1.165) is 25.5 Å². The Kier molecular flexibility index (Phi) is 4.95.